The Morgan fingerprint density at radius 1 is 1.44 bits per heavy atom. The van der Waals surface area contributed by atoms with Gasteiger partial charge in [-0.15, -0.1) is 0 Å². The van der Waals surface area contributed by atoms with Gasteiger partial charge in [-0.05, 0) is 38.8 Å². The largest absolute Gasteiger partial charge is 0.384 e. The minimum absolute atomic E-state index is 0.0998. The second kappa shape index (κ2) is 8.06. The first-order valence-corrected chi connectivity index (χ1v) is 6.60. The number of rotatable bonds is 7. The summed E-state index contributed by atoms with van der Waals surface area (Å²) in [6.07, 6.45) is 3.91. The Hall–Kier alpha value is -1.12. The molecule has 0 aromatic carbocycles. The highest BCUT2D eigenvalue weighted by atomic mass is 16.5. The lowest BCUT2D eigenvalue weighted by Gasteiger charge is -2.35. The molecule has 102 valence electrons. The predicted molar refractivity (Wildman–Crippen MR) is 68.9 cm³/mol. The Bertz CT molecular complexity index is 288. The van der Waals surface area contributed by atoms with Crippen LogP contribution in [0.5, 0.6) is 0 Å². The van der Waals surface area contributed by atoms with E-state index in [0.29, 0.717) is 19.6 Å². The zero-order valence-corrected chi connectivity index (χ0v) is 11.1. The fourth-order valence-corrected chi connectivity index (χ4v) is 2.34. The van der Waals surface area contributed by atoms with Crippen molar-refractivity contribution in [1.82, 2.24) is 10.6 Å². The Labute approximate surface area is 109 Å². The maximum atomic E-state index is 12.3. The van der Waals surface area contributed by atoms with E-state index < -0.39 is 0 Å². The molecule has 18 heavy (non-hydrogen) atoms. The Kier molecular flexibility index (Phi) is 6.69. The van der Waals surface area contributed by atoms with Crippen LogP contribution in [-0.2, 0) is 9.53 Å². The summed E-state index contributed by atoms with van der Waals surface area (Å²) in [4.78, 5) is 12.3. The molecule has 0 spiro atoms. The molecule has 0 atom stereocenters. The van der Waals surface area contributed by atoms with Crippen molar-refractivity contribution < 1.29 is 9.53 Å². The summed E-state index contributed by atoms with van der Waals surface area (Å²) in [5, 5.41) is 14.7. The van der Waals surface area contributed by atoms with Gasteiger partial charge in [0, 0.05) is 20.1 Å². The van der Waals surface area contributed by atoms with Gasteiger partial charge in [0.1, 0.15) is 0 Å². The molecule has 0 aliphatic carbocycles. The van der Waals surface area contributed by atoms with Crippen LogP contribution in [0.2, 0.25) is 0 Å². The van der Waals surface area contributed by atoms with Gasteiger partial charge in [-0.3, -0.25) is 4.79 Å². The third kappa shape index (κ3) is 4.28. The second-order valence-electron chi connectivity index (χ2n) is 4.83. The molecule has 1 amide bonds. The number of hydrogen-bond acceptors (Lipinski definition) is 4. The van der Waals surface area contributed by atoms with Gasteiger partial charge >= 0.3 is 0 Å². The van der Waals surface area contributed by atoms with Crippen LogP contribution in [0.25, 0.3) is 0 Å². The smallest absolute Gasteiger partial charge is 0.228 e. The monoisotopic (exact) mass is 253 g/mol. The number of unbranched alkanes of at least 4 members (excludes halogenated alkanes) is 2. The summed E-state index contributed by atoms with van der Waals surface area (Å²) >= 11 is 0. The number of nitrogens with zero attached hydrogens (tertiary/aromatic N) is 1. The van der Waals surface area contributed by atoms with Gasteiger partial charge in [0.2, 0.25) is 5.91 Å². The average molecular weight is 253 g/mol. The molecule has 0 aromatic heterocycles. The van der Waals surface area contributed by atoms with Gasteiger partial charge in [0.15, 0.2) is 0 Å². The van der Waals surface area contributed by atoms with Crippen LogP contribution in [0, 0.1) is 16.7 Å². The van der Waals surface area contributed by atoms with E-state index in [1.165, 1.54) is 0 Å². The minimum atomic E-state index is -0.366. The van der Waals surface area contributed by atoms with E-state index in [1.54, 1.807) is 7.11 Å². The lowest BCUT2D eigenvalue weighted by Crippen LogP contribution is -2.50. The minimum Gasteiger partial charge on any atom is -0.384 e. The first-order chi connectivity index (χ1) is 8.75. The summed E-state index contributed by atoms with van der Waals surface area (Å²) < 4.78 is 5.22. The van der Waals surface area contributed by atoms with Crippen molar-refractivity contribution in [3.05, 3.63) is 0 Å². The second-order valence-corrected chi connectivity index (χ2v) is 4.83. The molecule has 1 aliphatic rings. The molecule has 1 fully saturated rings. The molecule has 1 heterocycles. The number of hydrogen-bond donors (Lipinski definition) is 2. The van der Waals surface area contributed by atoms with Gasteiger partial charge in [0.05, 0.1) is 18.1 Å². The van der Waals surface area contributed by atoms with Crippen LogP contribution in [0.3, 0.4) is 0 Å². The fraction of sp³-hybridized carbons (Fsp3) is 0.846. The molecule has 0 saturated carbocycles. The van der Waals surface area contributed by atoms with Gasteiger partial charge in [0.25, 0.3) is 0 Å². The summed E-state index contributed by atoms with van der Waals surface area (Å²) in [5.74, 6) is 0.0998. The topological polar surface area (TPSA) is 74.1 Å². The number of carbonyl (C=O) groups is 1. The van der Waals surface area contributed by atoms with Crippen molar-refractivity contribution in [3.63, 3.8) is 0 Å². The lowest BCUT2D eigenvalue weighted by atomic mass is 9.78. The fourth-order valence-electron chi connectivity index (χ4n) is 2.34. The van der Waals surface area contributed by atoms with Gasteiger partial charge < -0.3 is 15.4 Å². The van der Waals surface area contributed by atoms with Crippen molar-refractivity contribution in [3.8, 4) is 6.07 Å². The van der Waals surface area contributed by atoms with E-state index in [-0.39, 0.29) is 11.3 Å². The molecule has 1 saturated heterocycles. The van der Waals surface area contributed by atoms with Gasteiger partial charge in [-0.2, -0.15) is 5.26 Å². The molecule has 1 rings (SSSR count). The standard InChI is InChI=1S/C13H23N3O2/c1-18-11-13(5-9-15-10-6-13)12(17)16-8-4-2-3-7-14/h15H,2-6,8-11H2,1H3,(H,16,17). The van der Waals surface area contributed by atoms with Crippen molar-refractivity contribution in [2.75, 3.05) is 33.4 Å². The number of methoxy groups -OCH3 is 1. The molecule has 5 nitrogen and oxygen atoms in total. The quantitative estimate of drug-likeness (QED) is 0.659. The van der Waals surface area contributed by atoms with E-state index in [1.807, 2.05) is 0 Å². The van der Waals surface area contributed by atoms with Crippen molar-refractivity contribution in [1.29, 1.82) is 5.26 Å². The predicted octanol–water partition coefficient (Wildman–Crippen LogP) is 0.813. The summed E-state index contributed by atoms with van der Waals surface area (Å²) in [5.41, 5.74) is -0.366. The van der Waals surface area contributed by atoms with E-state index >= 15 is 0 Å². The Balaban J connectivity index is 2.37. The van der Waals surface area contributed by atoms with Crippen LogP contribution < -0.4 is 10.6 Å². The molecule has 0 bridgehead atoms. The maximum Gasteiger partial charge on any atom is 0.228 e. The van der Waals surface area contributed by atoms with Crippen LogP contribution in [-0.4, -0.2) is 39.3 Å². The molecule has 0 radical (unpaired) electrons. The number of ether oxygens (including phenoxy) is 1. The molecular formula is C13H23N3O2. The summed E-state index contributed by atoms with van der Waals surface area (Å²) in [6.45, 7) is 2.87. The number of nitriles is 1. The zero-order valence-electron chi connectivity index (χ0n) is 11.1. The number of amides is 1. The molecule has 1 aliphatic heterocycles. The van der Waals surface area contributed by atoms with Gasteiger partial charge in [-0.1, -0.05) is 0 Å². The highest BCUT2D eigenvalue weighted by molar-refractivity contribution is 5.82. The first kappa shape index (κ1) is 14.9. The lowest BCUT2D eigenvalue weighted by molar-refractivity contribution is -0.136. The number of carbonyl (C=O) groups excluding carboxylic acids is 1. The molecule has 5 heteroatoms. The van der Waals surface area contributed by atoms with E-state index in [9.17, 15) is 4.79 Å². The summed E-state index contributed by atoms with van der Waals surface area (Å²) in [7, 11) is 1.64. The zero-order chi connectivity index (χ0) is 13.3. The van der Waals surface area contributed by atoms with Crippen LogP contribution in [0.4, 0.5) is 0 Å². The molecule has 0 unspecified atom stereocenters. The first-order valence-electron chi connectivity index (χ1n) is 6.60. The van der Waals surface area contributed by atoms with Crippen molar-refractivity contribution >= 4 is 5.91 Å². The molecule has 0 aromatic rings. The van der Waals surface area contributed by atoms with Gasteiger partial charge in [-0.25, -0.2) is 0 Å². The number of piperidine rings is 1. The normalized spacial score (nSPS) is 18.0. The maximum absolute atomic E-state index is 12.3. The molecular weight excluding hydrogens is 230 g/mol. The van der Waals surface area contributed by atoms with Crippen LogP contribution >= 0.6 is 0 Å². The van der Waals surface area contributed by atoms with E-state index in [0.717, 1.165) is 38.8 Å². The van der Waals surface area contributed by atoms with E-state index in [4.69, 9.17) is 10.00 Å². The van der Waals surface area contributed by atoms with Crippen molar-refractivity contribution in [2.24, 2.45) is 5.41 Å². The Morgan fingerprint density at radius 3 is 2.78 bits per heavy atom. The van der Waals surface area contributed by atoms with Crippen LogP contribution in [0.1, 0.15) is 32.1 Å². The Morgan fingerprint density at radius 2 is 2.17 bits per heavy atom. The SMILES string of the molecule is COCC1(C(=O)NCCCCC#N)CCNCC1. The third-order valence-corrected chi connectivity index (χ3v) is 3.46. The highest BCUT2D eigenvalue weighted by Crippen LogP contribution is 2.29. The highest BCUT2D eigenvalue weighted by Gasteiger charge is 2.39. The van der Waals surface area contributed by atoms with Crippen molar-refractivity contribution in [2.45, 2.75) is 32.1 Å². The van der Waals surface area contributed by atoms with E-state index in [2.05, 4.69) is 16.7 Å². The summed E-state index contributed by atoms with van der Waals surface area (Å²) in [6, 6.07) is 2.11. The molecule has 2 N–H and O–H groups in total. The van der Waals surface area contributed by atoms with Crippen LogP contribution in [0.15, 0.2) is 0 Å². The third-order valence-electron chi connectivity index (χ3n) is 3.46. The number of nitrogens with one attached hydrogen (secondary N) is 2. The average Bonchev–Trinajstić information content (AvgIpc) is 2.39.